The molecular weight excluding hydrogens is 274 g/mol. The molecule has 106 valence electrons. The van der Waals surface area contributed by atoms with Crippen molar-refractivity contribution in [3.8, 4) is 5.75 Å². The lowest BCUT2D eigenvalue weighted by Gasteiger charge is -2.40. The van der Waals surface area contributed by atoms with Crippen molar-refractivity contribution in [1.82, 2.24) is 5.32 Å². The van der Waals surface area contributed by atoms with Crippen LogP contribution < -0.4 is 10.1 Å². The number of nitrogens with one attached hydrogen (secondary N) is 1. The van der Waals surface area contributed by atoms with E-state index in [1.54, 1.807) is 0 Å². The molecule has 3 rings (SSSR count). The molecule has 20 heavy (non-hydrogen) atoms. The topological polar surface area (TPSA) is 38.3 Å². The maximum atomic E-state index is 11.7. The van der Waals surface area contributed by atoms with Crippen molar-refractivity contribution in [2.75, 3.05) is 0 Å². The standard InChI is InChI=1S/C16H18ClNO2/c1-2-15(19)18-13-10-16(7-3-4-8-16)20-14-6-5-11(17)9-12(13)14/h2,5-6,9,13H,1,3-4,7-8,10H2,(H,18,19)/t13-/m1/s1. The molecule has 1 spiro atoms. The molecule has 2 aliphatic rings. The Balaban J connectivity index is 1.96. The molecule has 1 heterocycles. The van der Waals surface area contributed by atoms with E-state index < -0.39 is 0 Å². The molecule has 1 aliphatic carbocycles. The highest BCUT2D eigenvalue weighted by atomic mass is 35.5. The SMILES string of the molecule is C=CC(=O)N[C@@H]1CC2(CCCC2)Oc2ccc(Cl)cc21. The van der Waals surface area contributed by atoms with E-state index in [2.05, 4.69) is 11.9 Å². The first-order valence-corrected chi connectivity index (χ1v) is 7.41. The maximum absolute atomic E-state index is 11.7. The van der Waals surface area contributed by atoms with Crippen LogP contribution in [0, 0.1) is 0 Å². The summed E-state index contributed by atoms with van der Waals surface area (Å²) in [7, 11) is 0. The number of ether oxygens (including phenoxy) is 1. The fraction of sp³-hybridized carbons (Fsp3) is 0.438. The Hall–Kier alpha value is -1.48. The molecule has 1 aromatic rings. The average molecular weight is 292 g/mol. The van der Waals surface area contributed by atoms with Crippen LogP contribution in [-0.4, -0.2) is 11.5 Å². The van der Waals surface area contributed by atoms with Gasteiger partial charge in [-0.25, -0.2) is 0 Å². The summed E-state index contributed by atoms with van der Waals surface area (Å²) < 4.78 is 6.25. The van der Waals surface area contributed by atoms with Gasteiger partial charge in [0.1, 0.15) is 11.4 Å². The Morgan fingerprint density at radius 1 is 1.45 bits per heavy atom. The normalized spacial score (nSPS) is 22.9. The van der Waals surface area contributed by atoms with Crippen molar-refractivity contribution in [3.63, 3.8) is 0 Å². The molecule has 0 unspecified atom stereocenters. The van der Waals surface area contributed by atoms with Crippen molar-refractivity contribution >= 4 is 17.5 Å². The van der Waals surface area contributed by atoms with Crippen LogP contribution in [0.3, 0.4) is 0 Å². The van der Waals surface area contributed by atoms with Crippen molar-refractivity contribution in [1.29, 1.82) is 0 Å². The lowest BCUT2D eigenvalue weighted by atomic mass is 9.86. The van der Waals surface area contributed by atoms with Gasteiger partial charge in [0.05, 0.1) is 6.04 Å². The minimum Gasteiger partial charge on any atom is -0.487 e. The van der Waals surface area contributed by atoms with Crippen LogP contribution in [0.4, 0.5) is 0 Å². The van der Waals surface area contributed by atoms with Crippen LogP contribution in [0.1, 0.15) is 43.7 Å². The predicted octanol–water partition coefficient (Wildman–Crippen LogP) is 3.78. The van der Waals surface area contributed by atoms with E-state index in [9.17, 15) is 4.79 Å². The van der Waals surface area contributed by atoms with Crippen molar-refractivity contribution in [3.05, 3.63) is 41.4 Å². The molecule has 3 nitrogen and oxygen atoms in total. The molecule has 1 atom stereocenters. The zero-order chi connectivity index (χ0) is 14.2. The second-order valence-corrected chi connectivity index (χ2v) is 6.08. The van der Waals surface area contributed by atoms with Gasteiger partial charge in [0.15, 0.2) is 0 Å². The number of carbonyl (C=O) groups is 1. The summed E-state index contributed by atoms with van der Waals surface area (Å²) in [6.45, 7) is 3.52. The highest BCUT2D eigenvalue weighted by Gasteiger charge is 2.43. The van der Waals surface area contributed by atoms with Gasteiger partial charge in [0.2, 0.25) is 5.91 Å². The summed E-state index contributed by atoms with van der Waals surface area (Å²) in [5.74, 6) is 0.688. The fourth-order valence-corrected chi connectivity index (χ4v) is 3.51. The molecule has 0 saturated heterocycles. The summed E-state index contributed by atoms with van der Waals surface area (Å²) in [6.07, 6.45) is 6.59. The Kier molecular flexibility index (Phi) is 3.47. The summed E-state index contributed by atoms with van der Waals surface area (Å²) >= 11 is 6.08. The molecule has 1 aromatic carbocycles. The van der Waals surface area contributed by atoms with E-state index in [1.807, 2.05) is 18.2 Å². The Labute approximate surface area is 124 Å². The fourth-order valence-electron chi connectivity index (χ4n) is 3.33. The molecule has 0 radical (unpaired) electrons. The number of amides is 1. The Bertz CT molecular complexity index is 549. The maximum Gasteiger partial charge on any atom is 0.243 e. The van der Waals surface area contributed by atoms with Gasteiger partial charge in [-0.15, -0.1) is 0 Å². The van der Waals surface area contributed by atoms with E-state index in [4.69, 9.17) is 16.3 Å². The lowest BCUT2D eigenvalue weighted by Crippen LogP contribution is -2.43. The first-order valence-electron chi connectivity index (χ1n) is 7.03. The molecule has 0 bridgehead atoms. The van der Waals surface area contributed by atoms with Gasteiger partial charge in [0, 0.05) is 17.0 Å². The molecule has 1 fully saturated rings. The molecule has 1 aliphatic heterocycles. The number of halogens is 1. The largest absolute Gasteiger partial charge is 0.487 e. The van der Waals surface area contributed by atoms with Crippen molar-refractivity contribution in [2.45, 2.75) is 43.7 Å². The number of fused-ring (bicyclic) bond motifs is 1. The van der Waals surface area contributed by atoms with E-state index >= 15 is 0 Å². The minimum atomic E-state index is -0.157. The molecule has 1 saturated carbocycles. The molecule has 1 amide bonds. The number of benzene rings is 1. The number of hydrogen-bond donors (Lipinski definition) is 1. The highest BCUT2D eigenvalue weighted by Crippen LogP contribution is 2.47. The van der Waals surface area contributed by atoms with Gasteiger partial charge >= 0.3 is 0 Å². The van der Waals surface area contributed by atoms with Gasteiger partial charge in [0.25, 0.3) is 0 Å². The summed E-state index contributed by atoms with van der Waals surface area (Å²) in [5, 5.41) is 3.67. The molecule has 0 aromatic heterocycles. The molecule has 4 heteroatoms. The van der Waals surface area contributed by atoms with Crippen LogP contribution in [-0.2, 0) is 4.79 Å². The van der Waals surface area contributed by atoms with Gasteiger partial charge in [-0.2, -0.15) is 0 Å². The quantitative estimate of drug-likeness (QED) is 0.842. The Morgan fingerprint density at radius 2 is 2.20 bits per heavy atom. The smallest absolute Gasteiger partial charge is 0.243 e. The Morgan fingerprint density at radius 3 is 2.90 bits per heavy atom. The second-order valence-electron chi connectivity index (χ2n) is 5.64. The third-order valence-corrected chi connectivity index (χ3v) is 4.50. The zero-order valence-electron chi connectivity index (χ0n) is 11.3. The van der Waals surface area contributed by atoms with E-state index in [0.717, 1.165) is 30.6 Å². The molecule has 1 N–H and O–H groups in total. The first-order chi connectivity index (χ1) is 9.62. The number of rotatable bonds is 2. The third kappa shape index (κ3) is 2.42. The minimum absolute atomic E-state index is 0.0546. The molecular formula is C16H18ClNO2. The highest BCUT2D eigenvalue weighted by molar-refractivity contribution is 6.30. The zero-order valence-corrected chi connectivity index (χ0v) is 12.1. The average Bonchev–Trinajstić information content (AvgIpc) is 2.87. The lowest BCUT2D eigenvalue weighted by molar-refractivity contribution is -0.117. The van der Waals surface area contributed by atoms with Crippen LogP contribution in [0.2, 0.25) is 5.02 Å². The van der Waals surface area contributed by atoms with Crippen LogP contribution in [0.15, 0.2) is 30.9 Å². The summed E-state index contributed by atoms with van der Waals surface area (Å²) in [6, 6.07) is 5.57. The monoisotopic (exact) mass is 291 g/mol. The van der Waals surface area contributed by atoms with Gasteiger partial charge in [-0.3, -0.25) is 4.79 Å². The number of carbonyl (C=O) groups excluding carboxylic acids is 1. The van der Waals surface area contributed by atoms with Crippen LogP contribution in [0.5, 0.6) is 5.75 Å². The van der Waals surface area contributed by atoms with E-state index in [-0.39, 0.29) is 17.6 Å². The third-order valence-electron chi connectivity index (χ3n) is 4.27. The number of hydrogen-bond acceptors (Lipinski definition) is 2. The van der Waals surface area contributed by atoms with Crippen LogP contribution in [0.25, 0.3) is 0 Å². The first kappa shape index (κ1) is 13.5. The van der Waals surface area contributed by atoms with E-state index in [1.165, 1.54) is 18.9 Å². The van der Waals surface area contributed by atoms with Crippen molar-refractivity contribution in [2.24, 2.45) is 0 Å². The van der Waals surface area contributed by atoms with E-state index in [0.29, 0.717) is 5.02 Å². The summed E-state index contributed by atoms with van der Waals surface area (Å²) in [4.78, 5) is 11.7. The van der Waals surface area contributed by atoms with Gasteiger partial charge < -0.3 is 10.1 Å². The summed E-state index contributed by atoms with van der Waals surface area (Å²) in [5.41, 5.74) is 0.838. The van der Waals surface area contributed by atoms with Gasteiger partial charge in [-0.1, -0.05) is 18.2 Å². The predicted molar refractivity (Wildman–Crippen MR) is 79.0 cm³/mol. The van der Waals surface area contributed by atoms with Gasteiger partial charge in [-0.05, 0) is 50.0 Å². The van der Waals surface area contributed by atoms with Crippen molar-refractivity contribution < 1.29 is 9.53 Å². The second kappa shape index (κ2) is 5.13. The van der Waals surface area contributed by atoms with Crippen LogP contribution >= 0.6 is 11.6 Å².